The van der Waals surface area contributed by atoms with Gasteiger partial charge in [0.2, 0.25) is 5.82 Å². The van der Waals surface area contributed by atoms with Crippen molar-refractivity contribution in [3.63, 3.8) is 0 Å². The standard InChI is InChI=1S/C28H26N4O3/c1-19-24(27-30-26(31-35-27)22-11-7-4-8-12-22)25(21-13-15-23(34-2)16-14-21)29-28(33)32(19)18-17-20-9-5-3-6-10-20/h3-16,25H,17-18H2,1-2H3,(H,29,33). The Morgan fingerprint density at radius 3 is 2.34 bits per heavy atom. The van der Waals surface area contributed by atoms with Gasteiger partial charge in [0.15, 0.2) is 0 Å². The summed E-state index contributed by atoms with van der Waals surface area (Å²) in [5.41, 5.74) is 4.49. The molecule has 4 aromatic rings. The maximum absolute atomic E-state index is 13.2. The number of nitrogens with zero attached hydrogens (tertiary/aromatic N) is 3. The molecule has 3 aromatic carbocycles. The molecule has 1 atom stereocenters. The first-order valence-electron chi connectivity index (χ1n) is 11.5. The first kappa shape index (κ1) is 22.4. The second kappa shape index (κ2) is 9.85. The molecular formula is C28H26N4O3. The Bertz CT molecular complexity index is 1330. The van der Waals surface area contributed by atoms with Crippen molar-refractivity contribution in [1.82, 2.24) is 20.4 Å². The van der Waals surface area contributed by atoms with Crippen LogP contribution in [0.25, 0.3) is 17.0 Å². The van der Waals surface area contributed by atoms with E-state index in [0.717, 1.165) is 40.1 Å². The summed E-state index contributed by atoms with van der Waals surface area (Å²) >= 11 is 0. The van der Waals surface area contributed by atoms with E-state index in [9.17, 15) is 4.79 Å². The van der Waals surface area contributed by atoms with E-state index in [1.165, 1.54) is 0 Å². The molecule has 1 aromatic heterocycles. The highest BCUT2D eigenvalue weighted by Gasteiger charge is 2.35. The van der Waals surface area contributed by atoms with Crippen LogP contribution >= 0.6 is 0 Å². The van der Waals surface area contributed by atoms with E-state index in [2.05, 4.69) is 22.6 Å². The number of hydrogen-bond acceptors (Lipinski definition) is 5. The van der Waals surface area contributed by atoms with E-state index in [-0.39, 0.29) is 6.03 Å². The summed E-state index contributed by atoms with van der Waals surface area (Å²) in [5, 5.41) is 7.36. The molecule has 0 saturated heterocycles. The van der Waals surface area contributed by atoms with Crippen molar-refractivity contribution in [3.05, 3.63) is 108 Å². The molecule has 0 bridgehead atoms. The van der Waals surface area contributed by atoms with Gasteiger partial charge in [0.05, 0.1) is 18.7 Å². The van der Waals surface area contributed by atoms with Crippen molar-refractivity contribution in [2.45, 2.75) is 19.4 Å². The average molecular weight is 467 g/mol. The Balaban J connectivity index is 1.54. The van der Waals surface area contributed by atoms with Crippen LogP contribution in [-0.4, -0.2) is 34.7 Å². The maximum Gasteiger partial charge on any atom is 0.322 e. The van der Waals surface area contributed by atoms with E-state index in [1.54, 1.807) is 12.0 Å². The van der Waals surface area contributed by atoms with Crippen LogP contribution in [0.5, 0.6) is 5.75 Å². The lowest BCUT2D eigenvalue weighted by Gasteiger charge is -2.35. The lowest BCUT2D eigenvalue weighted by atomic mass is 9.94. The van der Waals surface area contributed by atoms with Gasteiger partial charge in [-0.1, -0.05) is 78.0 Å². The average Bonchev–Trinajstić information content (AvgIpc) is 3.39. The normalized spacial score (nSPS) is 15.8. The third-order valence-electron chi connectivity index (χ3n) is 6.20. The second-order valence-corrected chi connectivity index (χ2v) is 8.33. The van der Waals surface area contributed by atoms with Crippen LogP contribution in [0.4, 0.5) is 4.79 Å². The van der Waals surface area contributed by atoms with Crippen LogP contribution in [-0.2, 0) is 6.42 Å². The molecule has 35 heavy (non-hydrogen) atoms. The quantitative estimate of drug-likeness (QED) is 0.390. The Morgan fingerprint density at radius 1 is 0.971 bits per heavy atom. The number of hydrogen-bond donors (Lipinski definition) is 1. The maximum atomic E-state index is 13.2. The van der Waals surface area contributed by atoms with Gasteiger partial charge in [0.1, 0.15) is 5.75 Å². The zero-order valence-electron chi connectivity index (χ0n) is 19.6. The summed E-state index contributed by atoms with van der Waals surface area (Å²) in [6, 6.07) is 26.8. The predicted molar refractivity (Wildman–Crippen MR) is 133 cm³/mol. The topological polar surface area (TPSA) is 80.5 Å². The molecule has 0 aliphatic carbocycles. The van der Waals surface area contributed by atoms with Crippen LogP contribution in [0.1, 0.15) is 30.0 Å². The van der Waals surface area contributed by atoms with E-state index < -0.39 is 6.04 Å². The summed E-state index contributed by atoms with van der Waals surface area (Å²) in [4.78, 5) is 19.7. The minimum Gasteiger partial charge on any atom is -0.497 e. The molecule has 176 valence electrons. The first-order chi connectivity index (χ1) is 17.1. The van der Waals surface area contributed by atoms with Crippen molar-refractivity contribution in [3.8, 4) is 17.1 Å². The molecule has 0 saturated carbocycles. The highest BCUT2D eigenvalue weighted by molar-refractivity contribution is 5.87. The van der Waals surface area contributed by atoms with E-state index >= 15 is 0 Å². The van der Waals surface area contributed by atoms with E-state index in [4.69, 9.17) is 14.2 Å². The van der Waals surface area contributed by atoms with Crippen LogP contribution in [0.2, 0.25) is 0 Å². The fourth-order valence-electron chi connectivity index (χ4n) is 4.30. The fourth-order valence-corrected chi connectivity index (χ4v) is 4.30. The zero-order valence-corrected chi connectivity index (χ0v) is 19.6. The number of rotatable bonds is 7. The van der Waals surface area contributed by atoms with Crippen molar-refractivity contribution in [1.29, 1.82) is 0 Å². The summed E-state index contributed by atoms with van der Waals surface area (Å²) in [6.07, 6.45) is 0.727. The summed E-state index contributed by atoms with van der Waals surface area (Å²) in [7, 11) is 1.63. The van der Waals surface area contributed by atoms with Gasteiger partial charge in [-0.2, -0.15) is 4.98 Å². The number of allylic oxidation sites excluding steroid dienone is 1. The van der Waals surface area contributed by atoms with Gasteiger partial charge in [0.25, 0.3) is 5.89 Å². The number of aromatic nitrogens is 2. The summed E-state index contributed by atoms with van der Waals surface area (Å²) in [6.45, 7) is 2.46. The number of nitrogens with one attached hydrogen (secondary N) is 1. The van der Waals surface area contributed by atoms with Gasteiger partial charge in [0, 0.05) is 17.8 Å². The van der Waals surface area contributed by atoms with Crippen molar-refractivity contribution >= 4 is 11.6 Å². The fraction of sp³-hybridized carbons (Fsp3) is 0.179. The lowest BCUT2D eigenvalue weighted by Crippen LogP contribution is -2.46. The Morgan fingerprint density at radius 2 is 1.66 bits per heavy atom. The smallest absolute Gasteiger partial charge is 0.322 e. The number of amides is 2. The molecule has 5 rings (SSSR count). The summed E-state index contributed by atoms with van der Waals surface area (Å²) < 4.78 is 11.1. The molecule has 0 spiro atoms. The van der Waals surface area contributed by atoms with Gasteiger partial charge in [-0.15, -0.1) is 0 Å². The van der Waals surface area contributed by atoms with Gasteiger partial charge >= 0.3 is 6.03 Å². The van der Waals surface area contributed by atoms with Crippen molar-refractivity contribution in [2.24, 2.45) is 0 Å². The number of benzene rings is 3. The summed E-state index contributed by atoms with van der Waals surface area (Å²) in [5.74, 6) is 1.63. The molecule has 7 heteroatoms. The highest BCUT2D eigenvalue weighted by Crippen LogP contribution is 2.37. The molecule has 1 aliphatic rings. The third-order valence-corrected chi connectivity index (χ3v) is 6.20. The van der Waals surface area contributed by atoms with Gasteiger partial charge < -0.3 is 14.6 Å². The lowest BCUT2D eigenvalue weighted by molar-refractivity contribution is 0.205. The molecule has 1 unspecified atom stereocenters. The highest BCUT2D eigenvalue weighted by atomic mass is 16.5. The monoisotopic (exact) mass is 466 g/mol. The molecular weight excluding hydrogens is 440 g/mol. The number of methoxy groups -OCH3 is 1. The van der Waals surface area contributed by atoms with E-state index in [0.29, 0.717) is 18.3 Å². The van der Waals surface area contributed by atoms with Crippen LogP contribution in [0.3, 0.4) is 0 Å². The predicted octanol–water partition coefficient (Wildman–Crippen LogP) is 5.49. The number of ether oxygens (including phenoxy) is 1. The van der Waals surface area contributed by atoms with E-state index in [1.807, 2.05) is 79.7 Å². The SMILES string of the molecule is COc1ccc(C2NC(=O)N(CCc3ccccc3)C(C)=C2c2nc(-c3ccccc3)no2)cc1. The third kappa shape index (κ3) is 4.66. The molecule has 1 N–H and O–H groups in total. The molecule has 7 nitrogen and oxygen atoms in total. The molecule has 2 amide bonds. The largest absolute Gasteiger partial charge is 0.497 e. The minimum atomic E-state index is -0.439. The molecule has 0 radical (unpaired) electrons. The molecule has 1 aliphatic heterocycles. The van der Waals surface area contributed by atoms with Crippen LogP contribution in [0, 0.1) is 0 Å². The first-order valence-corrected chi connectivity index (χ1v) is 11.5. The van der Waals surface area contributed by atoms with Crippen LogP contribution < -0.4 is 10.1 Å². The van der Waals surface area contributed by atoms with Crippen molar-refractivity contribution in [2.75, 3.05) is 13.7 Å². The number of carbonyl (C=O) groups is 1. The number of carbonyl (C=O) groups excluding carboxylic acids is 1. The molecule has 0 fully saturated rings. The Hall–Kier alpha value is -4.39. The van der Waals surface area contributed by atoms with Crippen molar-refractivity contribution < 1.29 is 14.1 Å². The van der Waals surface area contributed by atoms with Gasteiger partial charge in [-0.3, -0.25) is 4.90 Å². The number of urea groups is 1. The van der Waals surface area contributed by atoms with Crippen LogP contribution in [0.15, 0.2) is 95.1 Å². The van der Waals surface area contributed by atoms with Gasteiger partial charge in [-0.05, 0) is 36.6 Å². The van der Waals surface area contributed by atoms with Gasteiger partial charge in [-0.25, -0.2) is 4.79 Å². The molecule has 2 heterocycles. The Kier molecular flexibility index (Phi) is 6.30. The minimum absolute atomic E-state index is 0.161. The zero-order chi connectivity index (χ0) is 24.2. The Labute approximate surface area is 204 Å². The second-order valence-electron chi connectivity index (χ2n) is 8.33.